The highest BCUT2D eigenvalue weighted by Gasteiger charge is 2.41. The highest BCUT2D eigenvalue weighted by molar-refractivity contribution is 6.46. The molecule has 1 aliphatic heterocycles. The van der Waals surface area contributed by atoms with Gasteiger partial charge in [0.2, 0.25) is 0 Å². The van der Waals surface area contributed by atoms with Gasteiger partial charge < -0.3 is 14.8 Å². The molecule has 0 atom stereocenters. The van der Waals surface area contributed by atoms with Gasteiger partial charge in [-0.3, -0.25) is 9.59 Å². The molecule has 3 aromatic rings. The number of carbonyl (C=O) groups is 2. The number of benzene rings is 3. The highest BCUT2D eigenvalue weighted by atomic mass is 19.1. The molecule has 1 N–H and O–H groups in total. The number of methoxy groups -OCH3 is 2. The molecular formula is C26H23FN2O4. The Morgan fingerprint density at radius 3 is 2.21 bits per heavy atom. The third kappa shape index (κ3) is 3.93. The fourth-order valence-corrected chi connectivity index (χ4v) is 3.72. The van der Waals surface area contributed by atoms with Crippen molar-refractivity contribution in [1.82, 2.24) is 0 Å². The Morgan fingerprint density at radius 1 is 0.818 bits per heavy atom. The first-order valence-electron chi connectivity index (χ1n) is 10.3. The summed E-state index contributed by atoms with van der Waals surface area (Å²) in [5.41, 5.74) is 3.26. The van der Waals surface area contributed by atoms with Crippen molar-refractivity contribution in [3.8, 4) is 11.5 Å². The van der Waals surface area contributed by atoms with E-state index in [0.717, 1.165) is 16.0 Å². The molecule has 1 aliphatic rings. The topological polar surface area (TPSA) is 67.9 Å². The van der Waals surface area contributed by atoms with Crippen LogP contribution in [0.4, 0.5) is 15.8 Å². The summed E-state index contributed by atoms with van der Waals surface area (Å²) in [5, 5.41) is 3.10. The molecule has 6 nitrogen and oxygen atoms in total. The van der Waals surface area contributed by atoms with Crippen LogP contribution in [0.25, 0.3) is 5.57 Å². The summed E-state index contributed by atoms with van der Waals surface area (Å²) in [4.78, 5) is 27.8. The number of nitrogens with zero attached hydrogens (tertiary/aromatic N) is 1. The van der Waals surface area contributed by atoms with Gasteiger partial charge in [-0.05, 0) is 66.9 Å². The molecule has 168 valence electrons. The van der Waals surface area contributed by atoms with E-state index in [0.29, 0.717) is 22.7 Å². The van der Waals surface area contributed by atoms with Crippen LogP contribution >= 0.6 is 0 Å². The SMILES string of the molecule is COc1ccc(C2=C(Nc3ccc(C)c(C)c3)C(=O)N(c3ccccc3F)C2=O)cc1OC. The standard InChI is InChI=1S/C26H23FN2O4/c1-15-9-11-18(13-16(15)2)28-24-23(17-10-12-21(32-3)22(14-17)33-4)25(30)29(26(24)31)20-8-6-5-7-19(20)27/h5-14,28H,1-4H3. The minimum absolute atomic E-state index is 0.0544. The van der Waals surface area contributed by atoms with Gasteiger partial charge in [-0.15, -0.1) is 0 Å². The maximum Gasteiger partial charge on any atom is 0.282 e. The van der Waals surface area contributed by atoms with Crippen molar-refractivity contribution in [1.29, 1.82) is 0 Å². The number of imide groups is 1. The van der Waals surface area contributed by atoms with E-state index in [-0.39, 0.29) is 17.0 Å². The van der Waals surface area contributed by atoms with E-state index in [9.17, 15) is 14.0 Å². The third-order valence-electron chi connectivity index (χ3n) is 5.63. The lowest BCUT2D eigenvalue weighted by Gasteiger charge is -2.16. The van der Waals surface area contributed by atoms with Crippen LogP contribution in [0.2, 0.25) is 0 Å². The fraction of sp³-hybridized carbons (Fsp3) is 0.154. The minimum atomic E-state index is -0.668. The van der Waals surface area contributed by atoms with E-state index in [1.807, 2.05) is 32.0 Å². The molecular weight excluding hydrogens is 423 g/mol. The Bertz CT molecular complexity index is 1300. The maximum absolute atomic E-state index is 14.6. The van der Waals surface area contributed by atoms with E-state index in [2.05, 4.69) is 5.32 Å². The number of carbonyl (C=O) groups excluding carboxylic acids is 2. The summed E-state index contributed by atoms with van der Waals surface area (Å²) < 4.78 is 25.2. The first-order valence-corrected chi connectivity index (χ1v) is 10.3. The molecule has 4 rings (SSSR count). The molecule has 0 unspecified atom stereocenters. The van der Waals surface area contributed by atoms with Crippen LogP contribution in [-0.4, -0.2) is 26.0 Å². The maximum atomic E-state index is 14.6. The van der Waals surface area contributed by atoms with E-state index in [1.54, 1.807) is 24.3 Å². The quantitative estimate of drug-likeness (QED) is 0.548. The number of rotatable bonds is 6. The molecule has 7 heteroatoms. The number of aryl methyl sites for hydroxylation is 2. The number of nitrogens with one attached hydrogen (secondary N) is 1. The van der Waals surface area contributed by atoms with Crippen molar-refractivity contribution in [2.75, 3.05) is 24.4 Å². The average Bonchev–Trinajstić information content (AvgIpc) is 3.05. The minimum Gasteiger partial charge on any atom is -0.493 e. The summed E-state index contributed by atoms with van der Waals surface area (Å²) in [7, 11) is 2.99. The zero-order valence-electron chi connectivity index (χ0n) is 18.7. The average molecular weight is 446 g/mol. The normalized spacial score (nSPS) is 13.5. The van der Waals surface area contributed by atoms with Gasteiger partial charge in [-0.25, -0.2) is 9.29 Å². The van der Waals surface area contributed by atoms with Crippen LogP contribution in [0.15, 0.2) is 66.4 Å². The van der Waals surface area contributed by atoms with E-state index in [1.165, 1.54) is 32.4 Å². The summed E-state index contributed by atoms with van der Waals surface area (Å²) in [6.45, 7) is 3.94. The van der Waals surface area contributed by atoms with Gasteiger partial charge >= 0.3 is 0 Å². The van der Waals surface area contributed by atoms with Crippen molar-refractivity contribution < 1.29 is 23.5 Å². The van der Waals surface area contributed by atoms with Gasteiger partial charge in [0.25, 0.3) is 11.8 Å². The fourth-order valence-electron chi connectivity index (χ4n) is 3.72. The number of anilines is 2. The molecule has 33 heavy (non-hydrogen) atoms. The third-order valence-corrected chi connectivity index (χ3v) is 5.63. The van der Waals surface area contributed by atoms with Crippen LogP contribution in [-0.2, 0) is 9.59 Å². The second-order valence-electron chi connectivity index (χ2n) is 7.64. The lowest BCUT2D eigenvalue weighted by Crippen LogP contribution is -2.33. The van der Waals surface area contributed by atoms with E-state index in [4.69, 9.17) is 9.47 Å². The Hall–Kier alpha value is -4.13. The summed E-state index contributed by atoms with van der Waals surface area (Å²) >= 11 is 0. The highest BCUT2D eigenvalue weighted by Crippen LogP contribution is 2.38. The van der Waals surface area contributed by atoms with E-state index >= 15 is 0 Å². The molecule has 0 fully saturated rings. The first kappa shape index (κ1) is 22.1. The lowest BCUT2D eigenvalue weighted by atomic mass is 10.0. The molecule has 0 bridgehead atoms. The number of hydrogen-bond donors (Lipinski definition) is 1. The van der Waals surface area contributed by atoms with Crippen LogP contribution in [0.3, 0.4) is 0 Å². The number of ether oxygens (including phenoxy) is 2. The molecule has 0 aliphatic carbocycles. The summed E-state index contributed by atoms with van der Waals surface area (Å²) in [5.74, 6) is -1.07. The van der Waals surface area contributed by atoms with Crippen molar-refractivity contribution in [3.05, 3.63) is 88.9 Å². The number of para-hydroxylation sites is 1. The second kappa shape index (κ2) is 8.78. The van der Waals surface area contributed by atoms with Crippen molar-refractivity contribution in [3.63, 3.8) is 0 Å². The molecule has 0 aromatic heterocycles. The monoisotopic (exact) mass is 446 g/mol. The number of hydrogen-bond acceptors (Lipinski definition) is 5. The number of amides is 2. The molecule has 1 heterocycles. The van der Waals surface area contributed by atoms with Crippen LogP contribution in [0.5, 0.6) is 11.5 Å². The van der Waals surface area contributed by atoms with Crippen LogP contribution < -0.4 is 19.7 Å². The van der Waals surface area contributed by atoms with Gasteiger partial charge in [-0.2, -0.15) is 0 Å². The lowest BCUT2D eigenvalue weighted by molar-refractivity contribution is -0.120. The number of halogens is 1. The smallest absolute Gasteiger partial charge is 0.282 e. The van der Waals surface area contributed by atoms with Crippen LogP contribution in [0.1, 0.15) is 16.7 Å². The molecule has 3 aromatic carbocycles. The largest absolute Gasteiger partial charge is 0.493 e. The van der Waals surface area contributed by atoms with Gasteiger partial charge in [0.1, 0.15) is 11.5 Å². The molecule has 0 saturated heterocycles. The zero-order valence-corrected chi connectivity index (χ0v) is 18.7. The van der Waals surface area contributed by atoms with Crippen LogP contribution in [0, 0.1) is 19.7 Å². The molecule has 0 saturated carbocycles. The van der Waals surface area contributed by atoms with Crippen molar-refractivity contribution in [2.45, 2.75) is 13.8 Å². The summed E-state index contributed by atoms with van der Waals surface area (Å²) in [6.07, 6.45) is 0. The summed E-state index contributed by atoms with van der Waals surface area (Å²) in [6, 6.07) is 16.2. The predicted molar refractivity (Wildman–Crippen MR) is 125 cm³/mol. The Labute approximate surface area is 191 Å². The molecule has 0 radical (unpaired) electrons. The van der Waals surface area contributed by atoms with Gasteiger partial charge in [-0.1, -0.05) is 24.3 Å². The van der Waals surface area contributed by atoms with Gasteiger partial charge in [0.15, 0.2) is 11.5 Å². The van der Waals surface area contributed by atoms with Gasteiger partial charge in [0, 0.05) is 5.69 Å². The Kier molecular flexibility index (Phi) is 5.87. The second-order valence-corrected chi connectivity index (χ2v) is 7.64. The Morgan fingerprint density at radius 2 is 1.55 bits per heavy atom. The van der Waals surface area contributed by atoms with Crippen molar-refractivity contribution in [2.24, 2.45) is 0 Å². The Balaban J connectivity index is 1.87. The molecule has 2 amide bonds. The predicted octanol–water partition coefficient (Wildman–Crippen LogP) is 4.86. The zero-order chi connectivity index (χ0) is 23.7. The van der Waals surface area contributed by atoms with E-state index < -0.39 is 17.6 Å². The first-order chi connectivity index (χ1) is 15.8. The van der Waals surface area contributed by atoms with Gasteiger partial charge in [0.05, 0.1) is 25.5 Å². The van der Waals surface area contributed by atoms with Crippen molar-refractivity contribution >= 4 is 28.8 Å². The molecule has 0 spiro atoms.